The zero-order valence-corrected chi connectivity index (χ0v) is 19.1. The number of aromatic nitrogens is 1. The highest BCUT2D eigenvalue weighted by Gasteiger charge is 2.37. The van der Waals surface area contributed by atoms with Gasteiger partial charge in [0.15, 0.2) is 11.6 Å². The lowest BCUT2D eigenvalue weighted by atomic mass is 9.85. The van der Waals surface area contributed by atoms with Crippen molar-refractivity contribution in [2.45, 2.75) is 25.3 Å². The monoisotopic (exact) mass is 480 g/mol. The van der Waals surface area contributed by atoms with Gasteiger partial charge in [-0.3, -0.25) is 14.4 Å². The van der Waals surface area contributed by atoms with Crippen LogP contribution in [0.2, 0.25) is 0 Å². The van der Waals surface area contributed by atoms with E-state index in [2.05, 4.69) is 10.3 Å². The van der Waals surface area contributed by atoms with E-state index in [1.54, 1.807) is 29.2 Å². The Hall–Kier alpha value is -3.75. The smallest absolute Gasteiger partial charge is 0.255 e. The fourth-order valence-corrected chi connectivity index (χ4v) is 4.76. The summed E-state index contributed by atoms with van der Waals surface area (Å²) in [5.74, 6) is -2.20. The summed E-state index contributed by atoms with van der Waals surface area (Å²) >= 11 is 0. The van der Waals surface area contributed by atoms with Crippen LogP contribution in [0, 0.1) is 17.6 Å². The van der Waals surface area contributed by atoms with E-state index in [1.807, 2.05) is 0 Å². The minimum atomic E-state index is -0.970. The Balaban J connectivity index is 1.45. The van der Waals surface area contributed by atoms with E-state index in [-0.39, 0.29) is 24.6 Å². The molecule has 2 N–H and O–H groups in total. The Bertz CT molecular complexity index is 1340. The van der Waals surface area contributed by atoms with Crippen molar-refractivity contribution >= 4 is 28.4 Å². The number of halogens is 2. The molecule has 1 saturated heterocycles. The number of amides is 2. The van der Waals surface area contributed by atoms with Crippen molar-refractivity contribution in [3.63, 3.8) is 0 Å². The number of pyridine rings is 1. The number of rotatable bonds is 5. The van der Waals surface area contributed by atoms with E-state index < -0.39 is 29.1 Å². The fraction of sp³-hybridized carbons (Fsp3) is 0.346. The Kier molecular flexibility index (Phi) is 6.23. The van der Waals surface area contributed by atoms with Gasteiger partial charge in [0.2, 0.25) is 11.5 Å². The number of para-hydroxylation sites is 1. The number of hydrogen-bond acceptors (Lipinski definition) is 4. The summed E-state index contributed by atoms with van der Waals surface area (Å²) in [7, 11) is 0. The van der Waals surface area contributed by atoms with Gasteiger partial charge in [-0.1, -0.05) is 24.6 Å². The molecule has 2 aliphatic rings. The van der Waals surface area contributed by atoms with E-state index in [1.165, 1.54) is 17.0 Å². The number of nitrogens with one attached hydrogen (secondary N) is 2. The lowest BCUT2D eigenvalue weighted by Gasteiger charge is -2.42. The third kappa shape index (κ3) is 4.62. The zero-order chi connectivity index (χ0) is 24.5. The molecular weight excluding hydrogens is 454 g/mol. The molecule has 1 saturated carbocycles. The third-order valence-electron chi connectivity index (χ3n) is 6.98. The molecule has 0 bridgehead atoms. The lowest BCUT2D eigenvalue weighted by Crippen LogP contribution is -2.61. The predicted molar refractivity (Wildman–Crippen MR) is 128 cm³/mol. The summed E-state index contributed by atoms with van der Waals surface area (Å²) in [6, 6.07) is 11.0. The van der Waals surface area contributed by atoms with Crippen LogP contribution in [0.4, 0.5) is 14.5 Å². The molecule has 182 valence electrons. The van der Waals surface area contributed by atoms with Gasteiger partial charge in [-0.25, -0.2) is 8.78 Å². The van der Waals surface area contributed by atoms with E-state index in [0.717, 1.165) is 31.4 Å². The van der Waals surface area contributed by atoms with Crippen LogP contribution in [0.1, 0.15) is 29.6 Å². The molecule has 3 aromatic rings. The standard InChI is InChI=1S/C26H26F2N4O3/c27-20-9-8-17(12-21(20)28)31-10-11-32(23(15-31)25(34)29-14-16-4-3-5-16)26(35)19-13-24(33)30-22-7-2-1-6-18(19)22/h1-2,6-9,12-13,16,23H,3-5,10-11,14-15H2,(H,29,34)(H,30,33). The summed E-state index contributed by atoms with van der Waals surface area (Å²) in [4.78, 5) is 45.2. The largest absolute Gasteiger partial charge is 0.367 e. The minimum Gasteiger partial charge on any atom is -0.367 e. The van der Waals surface area contributed by atoms with Crippen molar-refractivity contribution in [1.82, 2.24) is 15.2 Å². The molecule has 1 aromatic heterocycles. The van der Waals surface area contributed by atoms with Gasteiger partial charge in [-0.2, -0.15) is 0 Å². The second-order valence-corrected chi connectivity index (χ2v) is 9.19. The molecule has 2 heterocycles. The van der Waals surface area contributed by atoms with E-state index >= 15 is 0 Å². The van der Waals surface area contributed by atoms with Crippen molar-refractivity contribution in [2.75, 3.05) is 31.1 Å². The van der Waals surface area contributed by atoms with Crippen molar-refractivity contribution in [1.29, 1.82) is 0 Å². The SMILES string of the molecule is O=C(NCC1CCC1)C1CN(c2ccc(F)c(F)c2)CCN1C(=O)c1cc(=O)[nH]c2ccccc12. The quantitative estimate of drug-likeness (QED) is 0.588. The number of hydrogen-bond donors (Lipinski definition) is 2. The topological polar surface area (TPSA) is 85.5 Å². The molecule has 0 radical (unpaired) electrons. The van der Waals surface area contributed by atoms with Gasteiger partial charge in [0.25, 0.3) is 5.91 Å². The van der Waals surface area contributed by atoms with Crippen molar-refractivity contribution in [3.05, 3.63) is 76.1 Å². The van der Waals surface area contributed by atoms with Gasteiger partial charge in [0, 0.05) is 54.9 Å². The molecule has 0 spiro atoms. The van der Waals surface area contributed by atoms with Gasteiger partial charge in [-0.15, -0.1) is 0 Å². The number of benzene rings is 2. The zero-order valence-electron chi connectivity index (χ0n) is 19.1. The molecule has 35 heavy (non-hydrogen) atoms. The maximum atomic E-state index is 13.9. The minimum absolute atomic E-state index is 0.119. The number of aromatic amines is 1. The van der Waals surface area contributed by atoms with Crippen molar-refractivity contribution in [2.24, 2.45) is 5.92 Å². The van der Waals surface area contributed by atoms with Crippen LogP contribution in [0.15, 0.2) is 53.3 Å². The van der Waals surface area contributed by atoms with Crippen LogP contribution < -0.4 is 15.8 Å². The number of anilines is 1. The first-order chi connectivity index (χ1) is 16.9. The number of piperazine rings is 1. The summed E-state index contributed by atoms with van der Waals surface area (Å²) in [5.41, 5.74) is 0.796. The summed E-state index contributed by atoms with van der Waals surface area (Å²) in [6.45, 7) is 1.16. The molecule has 1 aliphatic carbocycles. The number of carbonyl (C=O) groups excluding carboxylic acids is 2. The second kappa shape index (κ2) is 9.48. The van der Waals surface area contributed by atoms with Crippen LogP contribution in [0.25, 0.3) is 10.9 Å². The Morgan fingerprint density at radius 2 is 1.83 bits per heavy atom. The molecule has 2 fully saturated rings. The third-order valence-corrected chi connectivity index (χ3v) is 6.98. The van der Waals surface area contributed by atoms with Gasteiger partial charge >= 0.3 is 0 Å². The molecule has 5 rings (SSSR count). The normalized spacial score (nSPS) is 18.4. The highest BCUT2D eigenvalue weighted by Crippen LogP contribution is 2.27. The Morgan fingerprint density at radius 3 is 2.57 bits per heavy atom. The van der Waals surface area contributed by atoms with Gasteiger partial charge in [0.05, 0.1) is 5.56 Å². The molecule has 2 amide bonds. The number of H-pyrrole nitrogens is 1. The van der Waals surface area contributed by atoms with Gasteiger partial charge in [0.1, 0.15) is 6.04 Å². The first-order valence-corrected chi connectivity index (χ1v) is 11.8. The molecule has 7 nitrogen and oxygen atoms in total. The van der Waals surface area contributed by atoms with Crippen molar-refractivity contribution in [3.8, 4) is 0 Å². The van der Waals surface area contributed by atoms with Crippen molar-refractivity contribution < 1.29 is 18.4 Å². The second-order valence-electron chi connectivity index (χ2n) is 9.19. The number of fused-ring (bicyclic) bond motifs is 1. The van der Waals surface area contributed by atoms with Crippen LogP contribution >= 0.6 is 0 Å². The van der Waals surface area contributed by atoms with E-state index in [9.17, 15) is 23.2 Å². The summed E-state index contributed by atoms with van der Waals surface area (Å²) in [6.07, 6.45) is 3.27. The average Bonchev–Trinajstić information content (AvgIpc) is 2.83. The maximum absolute atomic E-state index is 13.9. The van der Waals surface area contributed by atoms with Gasteiger partial charge in [-0.05, 0) is 37.0 Å². The first-order valence-electron chi connectivity index (χ1n) is 11.8. The summed E-state index contributed by atoms with van der Waals surface area (Å²) < 4.78 is 27.3. The van der Waals surface area contributed by atoms with E-state index in [4.69, 9.17) is 0 Å². The maximum Gasteiger partial charge on any atom is 0.255 e. The number of carbonyl (C=O) groups is 2. The molecule has 1 aliphatic heterocycles. The molecule has 1 unspecified atom stereocenters. The molecule has 2 aromatic carbocycles. The van der Waals surface area contributed by atoms with Crippen LogP contribution in [0.3, 0.4) is 0 Å². The Labute approximate surface area is 200 Å². The van der Waals surface area contributed by atoms with Crippen LogP contribution in [0.5, 0.6) is 0 Å². The summed E-state index contributed by atoms with van der Waals surface area (Å²) in [5, 5.41) is 3.56. The molecular formula is C26H26F2N4O3. The number of nitrogens with zero attached hydrogens (tertiary/aromatic N) is 2. The van der Waals surface area contributed by atoms with E-state index in [0.29, 0.717) is 35.6 Å². The fourth-order valence-electron chi connectivity index (χ4n) is 4.76. The van der Waals surface area contributed by atoms with Crippen LogP contribution in [-0.2, 0) is 4.79 Å². The first kappa shape index (κ1) is 23.0. The van der Waals surface area contributed by atoms with Gasteiger partial charge < -0.3 is 20.1 Å². The average molecular weight is 481 g/mol. The Morgan fingerprint density at radius 1 is 1.03 bits per heavy atom. The molecule has 1 atom stereocenters. The highest BCUT2D eigenvalue weighted by molar-refractivity contribution is 6.07. The van der Waals surface area contributed by atoms with Crippen LogP contribution in [-0.4, -0.2) is 53.9 Å². The lowest BCUT2D eigenvalue weighted by molar-refractivity contribution is -0.126. The molecule has 9 heteroatoms. The highest BCUT2D eigenvalue weighted by atomic mass is 19.2. The predicted octanol–water partition coefficient (Wildman–Crippen LogP) is 3.05.